The molecule has 3 rings (SSSR count). The van der Waals surface area contributed by atoms with Crippen LogP contribution < -0.4 is 5.32 Å². The fraction of sp³-hybridized carbons (Fsp3) is 0.400. The van der Waals surface area contributed by atoms with Crippen LogP contribution in [0.15, 0.2) is 21.9 Å². The highest BCUT2D eigenvalue weighted by Crippen LogP contribution is 2.39. The van der Waals surface area contributed by atoms with E-state index in [1.165, 1.54) is 17.7 Å². The number of hydrogen-bond donors (Lipinski definition) is 1. The smallest absolute Gasteiger partial charge is 0.315 e. The Morgan fingerprint density at radius 2 is 2.40 bits per heavy atom. The molecule has 1 saturated carbocycles. The lowest BCUT2D eigenvalue weighted by Gasteiger charge is -1.96. The lowest BCUT2D eigenvalue weighted by Crippen LogP contribution is -1.97. The summed E-state index contributed by atoms with van der Waals surface area (Å²) in [6.45, 7) is 0.754. The average Bonchev–Trinajstić information content (AvgIpc) is 2.82. The van der Waals surface area contributed by atoms with E-state index in [0.29, 0.717) is 11.9 Å². The van der Waals surface area contributed by atoms with Gasteiger partial charge in [-0.1, -0.05) is 11.2 Å². The molecule has 2 aromatic heterocycles. The van der Waals surface area contributed by atoms with Crippen molar-refractivity contribution in [2.75, 3.05) is 5.32 Å². The van der Waals surface area contributed by atoms with Crippen LogP contribution in [0.3, 0.4) is 0 Å². The van der Waals surface area contributed by atoms with Crippen molar-refractivity contribution in [1.82, 2.24) is 10.2 Å². The highest BCUT2D eigenvalue weighted by Gasteiger charge is 2.29. The van der Waals surface area contributed by atoms with Crippen LogP contribution in [-0.4, -0.2) is 10.2 Å². The second-order valence-corrected chi connectivity index (χ2v) is 4.68. The van der Waals surface area contributed by atoms with Gasteiger partial charge in [0.25, 0.3) is 0 Å². The minimum Gasteiger partial charge on any atom is -0.408 e. The van der Waals surface area contributed by atoms with Crippen molar-refractivity contribution in [3.8, 4) is 0 Å². The van der Waals surface area contributed by atoms with Crippen molar-refractivity contribution in [2.45, 2.75) is 25.3 Å². The molecule has 0 bridgehead atoms. The topological polar surface area (TPSA) is 51.0 Å². The first-order valence-corrected chi connectivity index (χ1v) is 5.89. The lowest BCUT2D eigenvalue weighted by atomic mass is 10.4. The molecule has 2 heterocycles. The maximum atomic E-state index is 5.48. The first-order chi connectivity index (χ1) is 7.42. The van der Waals surface area contributed by atoms with E-state index in [0.717, 1.165) is 12.4 Å². The van der Waals surface area contributed by atoms with Crippen molar-refractivity contribution in [2.24, 2.45) is 0 Å². The fourth-order valence-electron chi connectivity index (χ4n) is 1.38. The molecule has 1 N–H and O–H groups in total. The van der Waals surface area contributed by atoms with Crippen LogP contribution in [0.5, 0.6) is 0 Å². The minimum atomic E-state index is 0.523. The molecule has 0 aliphatic heterocycles. The van der Waals surface area contributed by atoms with Gasteiger partial charge in [-0.3, -0.25) is 0 Å². The number of rotatable bonds is 4. The van der Waals surface area contributed by atoms with Gasteiger partial charge in [-0.15, -0.1) is 16.4 Å². The molecule has 1 fully saturated rings. The number of nitrogens with one attached hydrogen (secondary N) is 1. The van der Waals surface area contributed by atoms with Gasteiger partial charge >= 0.3 is 6.01 Å². The summed E-state index contributed by atoms with van der Waals surface area (Å²) >= 11 is 1.72. The van der Waals surface area contributed by atoms with E-state index in [1.807, 2.05) is 6.07 Å². The molecule has 0 spiro atoms. The average molecular weight is 221 g/mol. The molecule has 0 saturated heterocycles. The van der Waals surface area contributed by atoms with Gasteiger partial charge in [-0.25, -0.2) is 0 Å². The van der Waals surface area contributed by atoms with E-state index < -0.39 is 0 Å². The van der Waals surface area contributed by atoms with Gasteiger partial charge in [0.15, 0.2) is 0 Å². The Balaban J connectivity index is 1.61. The maximum Gasteiger partial charge on any atom is 0.315 e. The molecule has 0 aromatic carbocycles. The highest BCUT2D eigenvalue weighted by molar-refractivity contribution is 7.09. The Hall–Kier alpha value is -1.36. The van der Waals surface area contributed by atoms with Crippen LogP contribution >= 0.6 is 11.3 Å². The Labute approximate surface area is 91.3 Å². The SMILES string of the molecule is c1csc(CNc2nnc(C3CC3)o2)c1. The summed E-state index contributed by atoms with van der Waals surface area (Å²) in [5.41, 5.74) is 0. The summed E-state index contributed by atoms with van der Waals surface area (Å²) in [6.07, 6.45) is 2.37. The summed E-state index contributed by atoms with van der Waals surface area (Å²) in [5.74, 6) is 1.30. The molecule has 4 nitrogen and oxygen atoms in total. The van der Waals surface area contributed by atoms with Crippen LogP contribution in [0.4, 0.5) is 6.01 Å². The number of anilines is 1. The summed E-state index contributed by atoms with van der Waals surface area (Å²) in [7, 11) is 0. The molecule has 0 atom stereocenters. The molecule has 15 heavy (non-hydrogen) atoms. The van der Waals surface area contributed by atoms with Crippen molar-refractivity contribution >= 4 is 17.4 Å². The molecule has 0 unspecified atom stereocenters. The molecule has 1 aliphatic rings. The molecule has 5 heteroatoms. The fourth-order valence-corrected chi connectivity index (χ4v) is 2.02. The predicted octanol–water partition coefficient (Wildman–Crippen LogP) is 2.62. The minimum absolute atomic E-state index is 0.523. The Morgan fingerprint density at radius 3 is 3.13 bits per heavy atom. The van der Waals surface area contributed by atoms with E-state index >= 15 is 0 Å². The summed E-state index contributed by atoms with van der Waals surface area (Å²) in [4.78, 5) is 1.26. The van der Waals surface area contributed by atoms with Gasteiger partial charge < -0.3 is 9.73 Å². The van der Waals surface area contributed by atoms with E-state index in [4.69, 9.17) is 4.42 Å². The lowest BCUT2D eigenvalue weighted by molar-refractivity contribution is 0.507. The van der Waals surface area contributed by atoms with Gasteiger partial charge in [0.2, 0.25) is 5.89 Å². The summed E-state index contributed by atoms with van der Waals surface area (Å²) in [6, 6.07) is 4.64. The Morgan fingerprint density at radius 1 is 1.47 bits per heavy atom. The zero-order valence-corrected chi connectivity index (χ0v) is 8.96. The second-order valence-electron chi connectivity index (χ2n) is 3.65. The van der Waals surface area contributed by atoms with Crippen molar-refractivity contribution < 1.29 is 4.42 Å². The largest absolute Gasteiger partial charge is 0.408 e. The summed E-state index contributed by atoms with van der Waals surface area (Å²) in [5, 5.41) is 13.1. The number of nitrogens with zero attached hydrogens (tertiary/aromatic N) is 2. The predicted molar refractivity (Wildman–Crippen MR) is 57.9 cm³/mol. The van der Waals surface area contributed by atoms with Crippen molar-refractivity contribution in [1.29, 1.82) is 0 Å². The Bertz CT molecular complexity index is 433. The van der Waals surface area contributed by atoms with E-state index in [9.17, 15) is 0 Å². The van der Waals surface area contributed by atoms with Gasteiger partial charge in [0.1, 0.15) is 0 Å². The second kappa shape index (κ2) is 3.66. The maximum absolute atomic E-state index is 5.48. The Kier molecular flexibility index (Phi) is 2.17. The normalized spacial score (nSPS) is 15.5. The van der Waals surface area contributed by atoms with Crippen LogP contribution in [-0.2, 0) is 6.54 Å². The zero-order valence-electron chi connectivity index (χ0n) is 8.14. The molecular weight excluding hydrogens is 210 g/mol. The summed E-state index contributed by atoms with van der Waals surface area (Å²) < 4.78 is 5.48. The molecule has 0 radical (unpaired) electrons. The van der Waals surface area contributed by atoms with E-state index in [1.54, 1.807) is 11.3 Å². The quantitative estimate of drug-likeness (QED) is 0.862. The van der Waals surface area contributed by atoms with Gasteiger partial charge in [0, 0.05) is 10.8 Å². The first-order valence-electron chi connectivity index (χ1n) is 5.01. The van der Waals surface area contributed by atoms with Crippen molar-refractivity contribution in [3.63, 3.8) is 0 Å². The van der Waals surface area contributed by atoms with Gasteiger partial charge in [-0.2, -0.15) is 0 Å². The highest BCUT2D eigenvalue weighted by atomic mass is 32.1. The van der Waals surface area contributed by atoms with E-state index in [-0.39, 0.29) is 0 Å². The molecule has 2 aromatic rings. The third-order valence-corrected chi connectivity index (χ3v) is 3.24. The van der Waals surface area contributed by atoms with Crippen LogP contribution in [0.25, 0.3) is 0 Å². The third-order valence-electron chi connectivity index (χ3n) is 2.36. The van der Waals surface area contributed by atoms with Crippen LogP contribution in [0, 0.1) is 0 Å². The zero-order chi connectivity index (χ0) is 10.1. The molecule has 0 amide bonds. The third kappa shape index (κ3) is 2.02. The van der Waals surface area contributed by atoms with Gasteiger partial charge in [-0.05, 0) is 24.3 Å². The van der Waals surface area contributed by atoms with Crippen molar-refractivity contribution in [3.05, 3.63) is 28.3 Å². The number of thiophene rings is 1. The molecule has 1 aliphatic carbocycles. The first kappa shape index (κ1) is 8.91. The molecule has 78 valence electrons. The monoisotopic (exact) mass is 221 g/mol. The standard InChI is InChI=1S/C10H11N3OS/c1-2-8(15-5-1)6-11-10-13-12-9(14-10)7-3-4-7/h1-2,5,7H,3-4,6H2,(H,11,13). The van der Waals surface area contributed by atoms with Crippen LogP contribution in [0.2, 0.25) is 0 Å². The molecular formula is C10H11N3OS. The number of aromatic nitrogens is 2. The van der Waals surface area contributed by atoms with Gasteiger partial charge in [0.05, 0.1) is 6.54 Å². The van der Waals surface area contributed by atoms with E-state index in [2.05, 4.69) is 27.0 Å². The number of hydrogen-bond acceptors (Lipinski definition) is 5. The van der Waals surface area contributed by atoms with Crippen LogP contribution in [0.1, 0.15) is 29.5 Å².